The van der Waals surface area contributed by atoms with Crippen LogP contribution in [-0.4, -0.2) is 30.3 Å². The van der Waals surface area contributed by atoms with Crippen LogP contribution in [0.3, 0.4) is 0 Å². The molecule has 0 spiro atoms. The summed E-state index contributed by atoms with van der Waals surface area (Å²) in [5.74, 6) is -0.892. The van der Waals surface area contributed by atoms with Gasteiger partial charge in [0.15, 0.2) is 0 Å². The molecule has 0 heterocycles. The lowest BCUT2D eigenvalue weighted by atomic mass is 9.62. The number of methoxy groups -OCH3 is 1. The van der Waals surface area contributed by atoms with E-state index in [9.17, 15) is 9.90 Å². The first-order valence-electron chi connectivity index (χ1n) is 7.15. The number of carboxylic acids is 1. The predicted molar refractivity (Wildman–Crippen MR) is 78.1 cm³/mol. The van der Waals surface area contributed by atoms with Gasteiger partial charge in [0.2, 0.25) is 0 Å². The maximum atomic E-state index is 11.2. The summed E-state index contributed by atoms with van der Waals surface area (Å²) in [5.41, 5.74) is 8.83. The van der Waals surface area contributed by atoms with Gasteiger partial charge < -0.3 is 15.6 Å². The molecule has 1 aliphatic carbocycles. The first-order valence-corrected chi connectivity index (χ1v) is 7.15. The van der Waals surface area contributed by atoms with Gasteiger partial charge in [0.25, 0.3) is 0 Å². The Morgan fingerprint density at radius 3 is 2.60 bits per heavy atom. The van der Waals surface area contributed by atoms with E-state index < -0.39 is 5.97 Å². The highest BCUT2D eigenvalue weighted by atomic mass is 16.5. The van der Waals surface area contributed by atoms with Crippen LogP contribution in [-0.2, 0) is 16.6 Å². The number of carbonyl (C=O) groups is 1. The molecule has 20 heavy (non-hydrogen) atoms. The Hall–Kier alpha value is -1.39. The fourth-order valence-electron chi connectivity index (χ4n) is 3.56. The van der Waals surface area contributed by atoms with Crippen LogP contribution in [0.15, 0.2) is 18.2 Å². The smallest absolute Gasteiger partial charge is 0.335 e. The van der Waals surface area contributed by atoms with Gasteiger partial charge in [-0.05, 0) is 36.1 Å². The first-order chi connectivity index (χ1) is 9.50. The molecule has 4 heteroatoms. The number of fused-ring (bicyclic) bond motifs is 1. The first kappa shape index (κ1) is 15.0. The van der Waals surface area contributed by atoms with Crippen LogP contribution in [0.2, 0.25) is 0 Å². The van der Waals surface area contributed by atoms with E-state index in [1.807, 2.05) is 6.07 Å². The van der Waals surface area contributed by atoms with Gasteiger partial charge in [-0.2, -0.15) is 0 Å². The Labute approximate surface area is 119 Å². The van der Waals surface area contributed by atoms with Crippen molar-refractivity contribution < 1.29 is 14.6 Å². The molecule has 2 atom stereocenters. The molecule has 0 saturated heterocycles. The van der Waals surface area contributed by atoms with Crippen molar-refractivity contribution in [1.29, 1.82) is 0 Å². The van der Waals surface area contributed by atoms with E-state index >= 15 is 0 Å². The molecule has 0 aromatic heterocycles. The van der Waals surface area contributed by atoms with E-state index in [4.69, 9.17) is 10.5 Å². The highest BCUT2D eigenvalue weighted by Gasteiger charge is 2.45. The SMILES string of the molecule is CCC1(CC)c2cc(C(=O)O)ccc2C[C@@H](OC)[C@@H]1N. The Kier molecular flexibility index (Phi) is 4.16. The molecule has 1 aromatic carbocycles. The zero-order valence-corrected chi connectivity index (χ0v) is 12.3. The highest BCUT2D eigenvalue weighted by molar-refractivity contribution is 5.88. The molecule has 2 rings (SSSR count). The van der Waals surface area contributed by atoms with Crippen molar-refractivity contribution >= 4 is 5.97 Å². The fourth-order valence-corrected chi connectivity index (χ4v) is 3.56. The van der Waals surface area contributed by atoms with Crippen molar-refractivity contribution in [3.05, 3.63) is 34.9 Å². The minimum absolute atomic E-state index is 0.0157. The maximum absolute atomic E-state index is 11.2. The third-order valence-corrected chi connectivity index (χ3v) is 4.92. The summed E-state index contributed by atoms with van der Waals surface area (Å²) in [7, 11) is 1.69. The number of nitrogens with two attached hydrogens (primary N) is 1. The average Bonchev–Trinajstić information content (AvgIpc) is 2.46. The summed E-state index contributed by atoms with van der Waals surface area (Å²) >= 11 is 0. The van der Waals surface area contributed by atoms with E-state index in [1.165, 1.54) is 0 Å². The van der Waals surface area contributed by atoms with Crippen LogP contribution < -0.4 is 5.73 Å². The lowest BCUT2D eigenvalue weighted by Crippen LogP contribution is -2.56. The van der Waals surface area contributed by atoms with Crippen LogP contribution in [0.4, 0.5) is 0 Å². The number of hydrogen-bond acceptors (Lipinski definition) is 3. The normalized spacial score (nSPS) is 24.2. The predicted octanol–water partition coefficient (Wildman–Crippen LogP) is 2.34. The molecule has 110 valence electrons. The molecule has 0 saturated carbocycles. The standard InChI is InChI=1S/C16H23NO3/c1-4-16(5-2)12-8-11(15(18)19)7-6-10(12)9-13(20-3)14(16)17/h6-8,13-14H,4-5,9,17H2,1-3H3,(H,18,19)/t13-,14+/m1/s1. The minimum atomic E-state index is -0.892. The number of ether oxygens (including phenoxy) is 1. The maximum Gasteiger partial charge on any atom is 0.335 e. The van der Waals surface area contributed by atoms with Gasteiger partial charge in [0, 0.05) is 25.0 Å². The Balaban J connectivity index is 2.62. The molecule has 0 amide bonds. The van der Waals surface area contributed by atoms with Crippen molar-refractivity contribution in [2.45, 2.75) is 50.7 Å². The van der Waals surface area contributed by atoms with Gasteiger partial charge in [0.05, 0.1) is 11.7 Å². The Morgan fingerprint density at radius 2 is 2.10 bits per heavy atom. The van der Waals surface area contributed by atoms with Crippen molar-refractivity contribution in [2.24, 2.45) is 5.73 Å². The van der Waals surface area contributed by atoms with Gasteiger partial charge in [-0.25, -0.2) is 4.79 Å². The third-order valence-electron chi connectivity index (χ3n) is 4.92. The molecule has 4 nitrogen and oxygen atoms in total. The summed E-state index contributed by atoms with van der Waals surface area (Å²) < 4.78 is 5.56. The van der Waals surface area contributed by atoms with E-state index in [2.05, 4.69) is 13.8 Å². The van der Waals surface area contributed by atoms with Gasteiger partial charge in [-0.1, -0.05) is 19.9 Å². The lowest BCUT2D eigenvalue weighted by molar-refractivity contribution is 0.0400. The van der Waals surface area contributed by atoms with Crippen LogP contribution in [0.25, 0.3) is 0 Å². The Bertz CT molecular complexity index is 508. The second-order valence-corrected chi connectivity index (χ2v) is 5.54. The quantitative estimate of drug-likeness (QED) is 0.886. The average molecular weight is 277 g/mol. The van der Waals surface area contributed by atoms with Gasteiger partial charge in [0.1, 0.15) is 0 Å². The van der Waals surface area contributed by atoms with Crippen LogP contribution in [0, 0.1) is 0 Å². The Morgan fingerprint density at radius 1 is 1.45 bits per heavy atom. The number of aromatic carboxylic acids is 1. The largest absolute Gasteiger partial charge is 0.478 e. The molecule has 0 aliphatic heterocycles. The third kappa shape index (κ3) is 2.13. The molecular weight excluding hydrogens is 254 g/mol. The van der Waals surface area contributed by atoms with E-state index in [-0.39, 0.29) is 17.6 Å². The second kappa shape index (κ2) is 5.54. The fraction of sp³-hybridized carbons (Fsp3) is 0.562. The summed E-state index contributed by atoms with van der Waals surface area (Å²) in [5, 5.41) is 9.21. The molecular formula is C16H23NO3. The topological polar surface area (TPSA) is 72.5 Å². The number of benzene rings is 1. The van der Waals surface area contributed by atoms with Gasteiger partial charge in [-0.15, -0.1) is 0 Å². The van der Waals surface area contributed by atoms with Crippen LogP contribution >= 0.6 is 0 Å². The van der Waals surface area contributed by atoms with Crippen LogP contribution in [0.5, 0.6) is 0 Å². The summed E-state index contributed by atoms with van der Waals surface area (Å²) in [6.45, 7) is 4.22. The van der Waals surface area contributed by atoms with Crippen molar-refractivity contribution in [3.63, 3.8) is 0 Å². The summed E-state index contributed by atoms with van der Waals surface area (Å²) in [6.07, 6.45) is 2.48. The molecule has 1 aromatic rings. The van der Waals surface area contributed by atoms with Gasteiger partial charge >= 0.3 is 5.97 Å². The number of rotatable bonds is 4. The summed E-state index contributed by atoms with van der Waals surface area (Å²) in [6, 6.07) is 5.27. The lowest BCUT2D eigenvalue weighted by Gasteiger charge is -2.46. The zero-order chi connectivity index (χ0) is 14.9. The molecule has 0 bridgehead atoms. The van der Waals surface area contributed by atoms with E-state index in [0.29, 0.717) is 5.56 Å². The summed E-state index contributed by atoms with van der Waals surface area (Å²) in [4.78, 5) is 11.2. The van der Waals surface area contributed by atoms with E-state index in [1.54, 1.807) is 19.2 Å². The van der Waals surface area contributed by atoms with Crippen LogP contribution in [0.1, 0.15) is 48.2 Å². The monoisotopic (exact) mass is 277 g/mol. The molecule has 0 unspecified atom stereocenters. The number of hydrogen-bond donors (Lipinski definition) is 2. The molecule has 1 aliphatic rings. The van der Waals surface area contributed by atoms with Crippen molar-refractivity contribution in [1.82, 2.24) is 0 Å². The molecule has 3 N–H and O–H groups in total. The molecule has 0 fully saturated rings. The second-order valence-electron chi connectivity index (χ2n) is 5.54. The zero-order valence-electron chi connectivity index (χ0n) is 12.3. The van der Waals surface area contributed by atoms with Crippen molar-refractivity contribution in [3.8, 4) is 0 Å². The minimum Gasteiger partial charge on any atom is -0.478 e. The highest BCUT2D eigenvalue weighted by Crippen LogP contribution is 2.43. The molecule has 0 radical (unpaired) electrons. The van der Waals surface area contributed by atoms with Crippen molar-refractivity contribution in [2.75, 3.05) is 7.11 Å². The van der Waals surface area contributed by atoms with Gasteiger partial charge in [-0.3, -0.25) is 0 Å². The van der Waals surface area contributed by atoms with E-state index in [0.717, 1.165) is 30.4 Å². The number of carboxylic acid groups (broad SMARTS) is 1.